The minimum atomic E-state index is -0.212. The number of rotatable bonds is 2. The number of anilines is 1. The summed E-state index contributed by atoms with van der Waals surface area (Å²) in [4.78, 5) is 19.7. The first-order chi connectivity index (χ1) is 8.16. The number of nitrogens with zero attached hydrogens (tertiary/aromatic N) is 2. The molecule has 6 heteroatoms. The van der Waals surface area contributed by atoms with Crippen LogP contribution in [0.15, 0.2) is 12.4 Å². The molecule has 1 aliphatic heterocycles. The van der Waals surface area contributed by atoms with Crippen molar-refractivity contribution < 1.29 is 9.53 Å². The molecule has 1 saturated heterocycles. The van der Waals surface area contributed by atoms with Gasteiger partial charge in [-0.15, -0.1) is 0 Å². The highest BCUT2D eigenvalue weighted by molar-refractivity contribution is 5.92. The number of carbonyl (C=O) groups excluding carboxylic acids is 1. The summed E-state index contributed by atoms with van der Waals surface area (Å²) in [6.07, 6.45) is 3.59. The van der Waals surface area contributed by atoms with E-state index in [0.717, 1.165) is 6.42 Å². The Hall–Kier alpha value is -1.69. The molecule has 17 heavy (non-hydrogen) atoms. The van der Waals surface area contributed by atoms with Gasteiger partial charge in [-0.05, 0) is 12.3 Å². The van der Waals surface area contributed by atoms with E-state index in [1.807, 2.05) is 0 Å². The maximum Gasteiger partial charge on any atom is 0.271 e. The molecule has 2 atom stereocenters. The van der Waals surface area contributed by atoms with E-state index in [-0.39, 0.29) is 17.6 Å². The quantitative estimate of drug-likeness (QED) is 0.766. The van der Waals surface area contributed by atoms with Crippen molar-refractivity contribution in [3.63, 3.8) is 0 Å². The van der Waals surface area contributed by atoms with Gasteiger partial charge in [0.2, 0.25) is 0 Å². The van der Waals surface area contributed by atoms with Crippen LogP contribution in [-0.2, 0) is 4.74 Å². The summed E-state index contributed by atoms with van der Waals surface area (Å²) in [7, 11) is 0. The Balaban J connectivity index is 1.98. The summed E-state index contributed by atoms with van der Waals surface area (Å²) >= 11 is 0. The number of nitrogen functional groups attached to an aromatic ring is 1. The van der Waals surface area contributed by atoms with Crippen molar-refractivity contribution in [3.8, 4) is 0 Å². The van der Waals surface area contributed by atoms with Gasteiger partial charge in [0.05, 0.1) is 19.0 Å². The van der Waals surface area contributed by atoms with E-state index >= 15 is 0 Å². The fourth-order valence-corrected chi connectivity index (χ4v) is 1.79. The Kier molecular flexibility index (Phi) is 3.53. The normalized spacial score (nSPS) is 24.3. The number of amides is 1. The predicted molar refractivity (Wildman–Crippen MR) is 62.3 cm³/mol. The van der Waals surface area contributed by atoms with Crippen LogP contribution in [0.25, 0.3) is 0 Å². The second kappa shape index (κ2) is 5.09. The molecule has 6 nitrogen and oxygen atoms in total. The minimum absolute atomic E-state index is 0.135. The lowest BCUT2D eigenvalue weighted by Gasteiger charge is -2.29. The van der Waals surface area contributed by atoms with Crippen molar-refractivity contribution in [3.05, 3.63) is 18.1 Å². The van der Waals surface area contributed by atoms with E-state index in [9.17, 15) is 4.79 Å². The molecule has 3 N–H and O–H groups in total. The van der Waals surface area contributed by atoms with Gasteiger partial charge in [0.15, 0.2) is 0 Å². The Morgan fingerprint density at radius 3 is 3.00 bits per heavy atom. The monoisotopic (exact) mass is 236 g/mol. The molecule has 1 fully saturated rings. The van der Waals surface area contributed by atoms with Crippen molar-refractivity contribution in [1.29, 1.82) is 0 Å². The van der Waals surface area contributed by atoms with Gasteiger partial charge in [0.25, 0.3) is 5.91 Å². The van der Waals surface area contributed by atoms with Crippen LogP contribution in [0, 0.1) is 5.92 Å². The van der Waals surface area contributed by atoms with Crippen LogP contribution >= 0.6 is 0 Å². The van der Waals surface area contributed by atoms with Gasteiger partial charge < -0.3 is 15.8 Å². The number of carbonyl (C=O) groups is 1. The number of hydrogen-bond donors (Lipinski definition) is 2. The van der Waals surface area contributed by atoms with Crippen molar-refractivity contribution in [2.75, 3.05) is 18.9 Å². The van der Waals surface area contributed by atoms with Crippen molar-refractivity contribution in [2.24, 2.45) is 5.92 Å². The first-order valence-electron chi connectivity index (χ1n) is 5.63. The van der Waals surface area contributed by atoms with Gasteiger partial charge in [0.1, 0.15) is 11.5 Å². The van der Waals surface area contributed by atoms with E-state index in [4.69, 9.17) is 10.5 Å². The Morgan fingerprint density at radius 2 is 2.35 bits per heavy atom. The number of hydrogen-bond acceptors (Lipinski definition) is 5. The molecule has 1 aromatic heterocycles. The van der Waals surface area contributed by atoms with Gasteiger partial charge in [0, 0.05) is 12.6 Å². The maximum atomic E-state index is 11.9. The van der Waals surface area contributed by atoms with Crippen LogP contribution in [0.4, 0.5) is 5.82 Å². The zero-order valence-electron chi connectivity index (χ0n) is 9.72. The van der Waals surface area contributed by atoms with Gasteiger partial charge >= 0.3 is 0 Å². The van der Waals surface area contributed by atoms with E-state index < -0.39 is 0 Å². The second-order valence-electron chi connectivity index (χ2n) is 4.25. The summed E-state index contributed by atoms with van der Waals surface area (Å²) in [6, 6.07) is 0.135. The summed E-state index contributed by atoms with van der Waals surface area (Å²) in [5, 5.41) is 2.94. The van der Waals surface area contributed by atoms with Crippen molar-refractivity contribution >= 4 is 11.7 Å². The SMILES string of the molecule is CC1COCCC1NC(=O)c1cnc(N)cn1. The lowest BCUT2D eigenvalue weighted by molar-refractivity contribution is 0.0374. The summed E-state index contributed by atoms with van der Waals surface area (Å²) < 4.78 is 5.32. The summed E-state index contributed by atoms with van der Waals surface area (Å²) in [6.45, 7) is 3.42. The smallest absolute Gasteiger partial charge is 0.271 e. The average Bonchev–Trinajstić information content (AvgIpc) is 2.33. The van der Waals surface area contributed by atoms with E-state index in [2.05, 4.69) is 22.2 Å². The van der Waals surface area contributed by atoms with Crippen LogP contribution in [0.5, 0.6) is 0 Å². The van der Waals surface area contributed by atoms with E-state index in [1.165, 1.54) is 12.4 Å². The lowest BCUT2D eigenvalue weighted by atomic mass is 9.98. The molecule has 2 heterocycles. The van der Waals surface area contributed by atoms with Crippen LogP contribution in [0.3, 0.4) is 0 Å². The molecule has 1 aromatic rings. The largest absolute Gasteiger partial charge is 0.382 e. The first kappa shape index (κ1) is 11.8. The fourth-order valence-electron chi connectivity index (χ4n) is 1.79. The van der Waals surface area contributed by atoms with Crippen molar-refractivity contribution in [2.45, 2.75) is 19.4 Å². The molecule has 0 aromatic carbocycles. The molecular formula is C11H16N4O2. The first-order valence-corrected chi connectivity index (χ1v) is 5.63. The van der Waals surface area contributed by atoms with Crippen LogP contribution in [-0.4, -0.2) is 35.1 Å². The molecule has 0 bridgehead atoms. The van der Waals surface area contributed by atoms with Gasteiger partial charge in [-0.2, -0.15) is 0 Å². The van der Waals surface area contributed by atoms with Gasteiger partial charge in [-0.3, -0.25) is 4.79 Å². The molecule has 0 spiro atoms. The number of aromatic nitrogens is 2. The summed E-state index contributed by atoms with van der Waals surface area (Å²) in [5.74, 6) is 0.409. The summed E-state index contributed by atoms with van der Waals surface area (Å²) in [5.41, 5.74) is 5.70. The highest BCUT2D eigenvalue weighted by atomic mass is 16.5. The molecule has 0 radical (unpaired) electrons. The molecule has 0 saturated carbocycles. The number of nitrogens with one attached hydrogen (secondary N) is 1. The molecule has 0 aliphatic carbocycles. The van der Waals surface area contributed by atoms with Gasteiger partial charge in [-0.25, -0.2) is 9.97 Å². The third-order valence-electron chi connectivity index (χ3n) is 2.86. The zero-order valence-corrected chi connectivity index (χ0v) is 9.72. The Morgan fingerprint density at radius 1 is 1.53 bits per heavy atom. The van der Waals surface area contributed by atoms with Gasteiger partial charge in [-0.1, -0.05) is 6.92 Å². The molecular weight excluding hydrogens is 220 g/mol. The second-order valence-corrected chi connectivity index (χ2v) is 4.25. The maximum absolute atomic E-state index is 11.9. The number of ether oxygens (including phenoxy) is 1. The molecule has 92 valence electrons. The molecule has 2 unspecified atom stereocenters. The molecule has 1 amide bonds. The third-order valence-corrected chi connectivity index (χ3v) is 2.86. The zero-order chi connectivity index (χ0) is 12.3. The molecule has 2 rings (SSSR count). The standard InChI is InChI=1S/C11H16N4O2/c1-7-6-17-3-2-8(7)15-11(16)9-4-14-10(12)5-13-9/h4-5,7-8H,2-3,6H2,1H3,(H2,12,14)(H,15,16). The van der Waals surface area contributed by atoms with E-state index in [1.54, 1.807) is 0 Å². The minimum Gasteiger partial charge on any atom is -0.382 e. The average molecular weight is 236 g/mol. The Labute approximate surface area is 99.6 Å². The van der Waals surface area contributed by atoms with Crippen LogP contribution in [0.1, 0.15) is 23.8 Å². The highest BCUT2D eigenvalue weighted by Gasteiger charge is 2.24. The van der Waals surface area contributed by atoms with E-state index in [0.29, 0.717) is 24.9 Å². The fraction of sp³-hybridized carbons (Fsp3) is 0.545. The predicted octanol–water partition coefficient (Wildman–Crippen LogP) is 0.214. The topological polar surface area (TPSA) is 90.1 Å². The van der Waals surface area contributed by atoms with Crippen LogP contribution in [0.2, 0.25) is 0 Å². The third kappa shape index (κ3) is 2.91. The van der Waals surface area contributed by atoms with Crippen molar-refractivity contribution in [1.82, 2.24) is 15.3 Å². The lowest BCUT2D eigenvalue weighted by Crippen LogP contribution is -2.44. The Bertz CT molecular complexity index is 393. The highest BCUT2D eigenvalue weighted by Crippen LogP contribution is 2.14. The number of nitrogens with two attached hydrogens (primary N) is 1. The molecule has 1 aliphatic rings. The van der Waals surface area contributed by atoms with Crippen LogP contribution < -0.4 is 11.1 Å².